The molecular formula is C20H14N2O. The zero-order valence-corrected chi connectivity index (χ0v) is 12.3. The van der Waals surface area contributed by atoms with Gasteiger partial charge in [0.2, 0.25) is 0 Å². The first-order valence-electron chi connectivity index (χ1n) is 7.60. The first-order chi connectivity index (χ1) is 11.3. The van der Waals surface area contributed by atoms with Gasteiger partial charge in [-0.05, 0) is 35.4 Å². The zero-order chi connectivity index (χ0) is 15.4. The van der Waals surface area contributed by atoms with E-state index in [1.54, 1.807) is 6.07 Å². The molecule has 0 fully saturated rings. The molecule has 0 aliphatic heterocycles. The van der Waals surface area contributed by atoms with E-state index in [1.165, 1.54) is 21.9 Å². The van der Waals surface area contributed by atoms with Crippen molar-refractivity contribution in [2.45, 2.75) is 0 Å². The Labute approximate surface area is 132 Å². The molecule has 0 spiro atoms. The lowest BCUT2D eigenvalue weighted by atomic mass is 9.98. The molecule has 2 heterocycles. The summed E-state index contributed by atoms with van der Waals surface area (Å²) in [7, 11) is 0. The minimum atomic E-state index is 0.286. The third-order valence-corrected chi connectivity index (χ3v) is 4.49. The molecule has 0 amide bonds. The van der Waals surface area contributed by atoms with Gasteiger partial charge in [0.1, 0.15) is 5.75 Å². The molecule has 0 aliphatic rings. The van der Waals surface area contributed by atoms with E-state index >= 15 is 0 Å². The van der Waals surface area contributed by atoms with E-state index in [0.29, 0.717) is 0 Å². The number of aromatic hydroxyl groups is 1. The van der Waals surface area contributed by atoms with Crippen LogP contribution in [0.3, 0.4) is 0 Å². The third-order valence-electron chi connectivity index (χ3n) is 4.49. The van der Waals surface area contributed by atoms with Crippen LogP contribution in [0.5, 0.6) is 5.75 Å². The lowest BCUT2D eigenvalue weighted by Gasteiger charge is -2.05. The number of hydrogen-bond acceptors (Lipinski definition) is 1. The number of phenols is 1. The van der Waals surface area contributed by atoms with Crippen LogP contribution in [0.1, 0.15) is 0 Å². The number of nitrogens with one attached hydrogen (secondary N) is 2. The first-order valence-corrected chi connectivity index (χ1v) is 7.60. The molecule has 110 valence electrons. The Balaban J connectivity index is 1.98. The van der Waals surface area contributed by atoms with Gasteiger partial charge in [-0.1, -0.05) is 30.3 Å². The van der Waals surface area contributed by atoms with Gasteiger partial charge in [0.05, 0.1) is 0 Å². The summed E-state index contributed by atoms with van der Waals surface area (Å²) in [6.07, 6.45) is 4.07. The van der Waals surface area contributed by atoms with Crippen LogP contribution < -0.4 is 0 Å². The van der Waals surface area contributed by atoms with Crippen molar-refractivity contribution in [1.29, 1.82) is 0 Å². The fourth-order valence-corrected chi connectivity index (χ4v) is 3.47. The number of aromatic amines is 2. The van der Waals surface area contributed by atoms with Crippen LogP contribution in [0.4, 0.5) is 0 Å². The highest BCUT2D eigenvalue weighted by molar-refractivity contribution is 6.23. The molecule has 0 saturated heterocycles. The molecule has 5 rings (SSSR count). The summed E-state index contributed by atoms with van der Waals surface area (Å²) in [6.45, 7) is 0. The van der Waals surface area contributed by atoms with Crippen LogP contribution in [-0.4, -0.2) is 15.1 Å². The summed E-state index contributed by atoms with van der Waals surface area (Å²) in [5, 5.41) is 14.4. The van der Waals surface area contributed by atoms with Crippen molar-refractivity contribution in [2.24, 2.45) is 0 Å². The van der Waals surface area contributed by atoms with Crippen molar-refractivity contribution in [3.8, 4) is 16.9 Å². The number of rotatable bonds is 1. The highest BCUT2D eigenvalue weighted by Crippen LogP contribution is 2.38. The van der Waals surface area contributed by atoms with Crippen molar-refractivity contribution in [3.63, 3.8) is 0 Å². The van der Waals surface area contributed by atoms with Gasteiger partial charge in [0.15, 0.2) is 0 Å². The molecule has 23 heavy (non-hydrogen) atoms. The van der Waals surface area contributed by atoms with Crippen molar-refractivity contribution < 1.29 is 5.11 Å². The van der Waals surface area contributed by atoms with Gasteiger partial charge >= 0.3 is 0 Å². The van der Waals surface area contributed by atoms with E-state index in [9.17, 15) is 5.11 Å². The van der Waals surface area contributed by atoms with E-state index in [0.717, 1.165) is 21.8 Å². The summed E-state index contributed by atoms with van der Waals surface area (Å²) in [4.78, 5) is 6.71. The standard InChI is InChI=1S/C20H14N2O/c23-13-6-7-18-15(8-13)20-17-11-21-10-16(17)14(9-19(20)22-18)12-4-2-1-3-5-12/h1-11,21-23H. The molecule has 5 aromatic rings. The summed E-state index contributed by atoms with van der Waals surface area (Å²) < 4.78 is 0. The molecule has 3 nitrogen and oxygen atoms in total. The largest absolute Gasteiger partial charge is 0.508 e. The maximum absolute atomic E-state index is 9.84. The maximum atomic E-state index is 9.84. The third kappa shape index (κ3) is 1.70. The molecule has 0 saturated carbocycles. The van der Waals surface area contributed by atoms with Gasteiger partial charge in [0.25, 0.3) is 0 Å². The monoisotopic (exact) mass is 298 g/mol. The second-order valence-corrected chi connectivity index (χ2v) is 5.85. The van der Waals surface area contributed by atoms with Gasteiger partial charge < -0.3 is 15.1 Å². The number of benzene rings is 3. The van der Waals surface area contributed by atoms with Gasteiger partial charge in [-0.15, -0.1) is 0 Å². The van der Waals surface area contributed by atoms with E-state index in [2.05, 4.69) is 40.3 Å². The number of aromatic nitrogens is 2. The highest BCUT2D eigenvalue weighted by atomic mass is 16.3. The zero-order valence-electron chi connectivity index (χ0n) is 12.3. The predicted molar refractivity (Wildman–Crippen MR) is 94.8 cm³/mol. The Morgan fingerprint density at radius 2 is 1.57 bits per heavy atom. The number of phenolic OH excluding ortho intramolecular Hbond substituents is 1. The summed E-state index contributed by atoms with van der Waals surface area (Å²) in [6, 6.07) is 18.0. The Bertz CT molecular complexity index is 1170. The minimum Gasteiger partial charge on any atom is -0.508 e. The Kier molecular flexibility index (Phi) is 2.36. The Hall–Kier alpha value is -3.20. The van der Waals surface area contributed by atoms with Crippen LogP contribution in [0.25, 0.3) is 43.7 Å². The lowest BCUT2D eigenvalue weighted by Crippen LogP contribution is -1.80. The van der Waals surface area contributed by atoms with Crippen LogP contribution in [0, 0.1) is 0 Å². The van der Waals surface area contributed by atoms with Crippen LogP contribution in [0.2, 0.25) is 0 Å². The molecular weight excluding hydrogens is 284 g/mol. The molecule has 3 aromatic carbocycles. The molecule has 0 bridgehead atoms. The molecule has 3 N–H and O–H groups in total. The van der Waals surface area contributed by atoms with Crippen molar-refractivity contribution >= 4 is 32.6 Å². The van der Waals surface area contributed by atoms with Crippen molar-refractivity contribution in [2.75, 3.05) is 0 Å². The minimum absolute atomic E-state index is 0.286. The van der Waals surface area contributed by atoms with Gasteiger partial charge in [-0.25, -0.2) is 0 Å². The van der Waals surface area contributed by atoms with Gasteiger partial charge in [-0.2, -0.15) is 0 Å². The molecule has 2 aromatic heterocycles. The fourth-order valence-electron chi connectivity index (χ4n) is 3.47. The normalized spacial score (nSPS) is 11.7. The second kappa shape index (κ2) is 4.40. The molecule has 3 heteroatoms. The fraction of sp³-hybridized carbons (Fsp3) is 0. The average Bonchev–Trinajstić information content (AvgIpc) is 3.18. The number of H-pyrrole nitrogens is 2. The van der Waals surface area contributed by atoms with Crippen molar-refractivity contribution in [3.05, 3.63) is 67.0 Å². The van der Waals surface area contributed by atoms with Crippen molar-refractivity contribution in [1.82, 2.24) is 9.97 Å². The van der Waals surface area contributed by atoms with Crippen LogP contribution in [0.15, 0.2) is 67.0 Å². The summed E-state index contributed by atoms with van der Waals surface area (Å²) in [5.41, 5.74) is 4.51. The first kappa shape index (κ1) is 12.4. The molecule has 0 radical (unpaired) electrons. The van der Waals surface area contributed by atoms with E-state index in [-0.39, 0.29) is 5.75 Å². The van der Waals surface area contributed by atoms with E-state index in [4.69, 9.17) is 0 Å². The smallest absolute Gasteiger partial charge is 0.116 e. The topological polar surface area (TPSA) is 51.8 Å². The SMILES string of the molecule is Oc1ccc2[nH]c3cc(-c4ccccc4)c4c[nH]cc4c3c2c1. The van der Waals surface area contributed by atoms with Gasteiger partial charge in [0, 0.05) is 45.0 Å². The van der Waals surface area contributed by atoms with E-state index < -0.39 is 0 Å². The highest BCUT2D eigenvalue weighted by Gasteiger charge is 2.13. The van der Waals surface area contributed by atoms with Crippen LogP contribution in [-0.2, 0) is 0 Å². The Morgan fingerprint density at radius 3 is 2.43 bits per heavy atom. The molecule has 0 aliphatic carbocycles. The number of hydrogen-bond donors (Lipinski definition) is 3. The quantitative estimate of drug-likeness (QED) is 0.392. The average molecular weight is 298 g/mol. The van der Waals surface area contributed by atoms with E-state index in [1.807, 2.05) is 30.6 Å². The maximum Gasteiger partial charge on any atom is 0.116 e. The Morgan fingerprint density at radius 1 is 0.739 bits per heavy atom. The van der Waals surface area contributed by atoms with Crippen LogP contribution >= 0.6 is 0 Å². The molecule has 0 atom stereocenters. The van der Waals surface area contributed by atoms with Gasteiger partial charge in [-0.3, -0.25) is 0 Å². The summed E-state index contributed by atoms with van der Waals surface area (Å²) in [5.74, 6) is 0.286. The second-order valence-electron chi connectivity index (χ2n) is 5.85. The predicted octanol–water partition coefficient (Wildman–Crippen LogP) is 5.18. The lowest BCUT2D eigenvalue weighted by molar-refractivity contribution is 0.476. The summed E-state index contributed by atoms with van der Waals surface area (Å²) >= 11 is 0. The molecule has 0 unspecified atom stereocenters. The number of fused-ring (bicyclic) bond motifs is 5.